The summed E-state index contributed by atoms with van der Waals surface area (Å²) in [5, 5.41) is 2.49. The number of methoxy groups -OCH3 is 1. The van der Waals surface area contributed by atoms with Crippen LogP contribution in [0.1, 0.15) is 45.1 Å². The quantitative estimate of drug-likeness (QED) is 0.779. The Morgan fingerprint density at radius 3 is 2.46 bits per heavy atom. The molecule has 1 aromatic rings. The van der Waals surface area contributed by atoms with Gasteiger partial charge in [0.1, 0.15) is 11.4 Å². The average molecular weight is 383 g/mol. The lowest BCUT2D eigenvalue weighted by Crippen LogP contribution is -2.49. The van der Waals surface area contributed by atoms with Crippen LogP contribution >= 0.6 is 0 Å². The molecule has 0 saturated heterocycles. The molecular formula is C17H25N3O5S. The van der Waals surface area contributed by atoms with E-state index in [-0.39, 0.29) is 23.4 Å². The molecular weight excluding hydrogens is 358 g/mol. The van der Waals surface area contributed by atoms with E-state index in [1.54, 1.807) is 19.1 Å². The molecule has 3 amide bonds. The molecule has 9 heteroatoms. The van der Waals surface area contributed by atoms with Crippen LogP contribution in [-0.4, -0.2) is 45.5 Å². The van der Waals surface area contributed by atoms with Gasteiger partial charge in [-0.25, -0.2) is 4.79 Å². The number of nitrogens with one attached hydrogen (secondary N) is 1. The van der Waals surface area contributed by atoms with Gasteiger partial charge < -0.3 is 10.1 Å². The zero-order chi connectivity index (χ0) is 19.9. The van der Waals surface area contributed by atoms with Crippen molar-refractivity contribution in [1.82, 2.24) is 10.2 Å². The third kappa shape index (κ3) is 5.29. The van der Waals surface area contributed by atoms with Crippen molar-refractivity contribution in [2.24, 2.45) is 4.36 Å². The maximum absolute atomic E-state index is 12.9. The predicted molar refractivity (Wildman–Crippen MR) is 98.1 cm³/mol. The Morgan fingerprint density at radius 1 is 1.31 bits per heavy atom. The summed E-state index contributed by atoms with van der Waals surface area (Å²) in [6, 6.07) is 3.95. The number of nitrogens with zero attached hydrogens (tertiary/aromatic N) is 2. The van der Waals surface area contributed by atoms with Crippen molar-refractivity contribution in [3.8, 4) is 5.75 Å². The molecule has 1 N–H and O–H groups in total. The molecule has 8 nitrogen and oxygen atoms in total. The van der Waals surface area contributed by atoms with Gasteiger partial charge in [-0.2, -0.15) is 8.42 Å². The van der Waals surface area contributed by atoms with E-state index in [0.717, 1.165) is 6.42 Å². The minimum atomic E-state index is -2.65. The molecule has 0 fully saturated rings. The van der Waals surface area contributed by atoms with Crippen LogP contribution in [0, 0.1) is 0 Å². The van der Waals surface area contributed by atoms with Crippen LogP contribution in [0.15, 0.2) is 22.6 Å². The normalized spacial score (nSPS) is 12.7. The lowest BCUT2D eigenvalue weighted by molar-refractivity contribution is -0.131. The number of carbonyl (C=O) groups is 2. The van der Waals surface area contributed by atoms with Gasteiger partial charge in [-0.3, -0.25) is 9.69 Å². The van der Waals surface area contributed by atoms with Crippen LogP contribution in [0.4, 0.5) is 10.5 Å². The van der Waals surface area contributed by atoms with Crippen molar-refractivity contribution >= 4 is 28.1 Å². The summed E-state index contributed by atoms with van der Waals surface area (Å²) >= 11 is 0. The molecule has 0 heterocycles. The highest BCUT2D eigenvalue weighted by molar-refractivity contribution is 7.61. The van der Waals surface area contributed by atoms with Crippen LogP contribution in [0.25, 0.3) is 0 Å². The van der Waals surface area contributed by atoms with E-state index in [1.165, 1.54) is 25.1 Å². The monoisotopic (exact) mass is 383 g/mol. The fourth-order valence-electron chi connectivity index (χ4n) is 2.66. The van der Waals surface area contributed by atoms with E-state index < -0.39 is 22.4 Å². The first-order valence-corrected chi connectivity index (χ1v) is 9.33. The maximum atomic E-state index is 12.9. The highest BCUT2D eigenvalue weighted by Gasteiger charge is 2.30. The molecule has 0 aliphatic carbocycles. The van der Waals surface area contributed by atoms with Gasteiger partial charge >= 0.3 is 16.5 Å². The molecule has 0 aromatic heterocycles. The zero-order valence-electron chi connectivity index (χ0n) is 15.6. The van der Waals surface area contributed by atoms with Gasteiger partial charge in [-0.05, 0) is 38.0 Å². The largest absolute Gasteiger partial charge is 0.494 e. The summed E-state index contributed by atoms with van der Waals surface area (Å²) in [4.78, 5) is 26.3. The maximum Gasteiger partial charge on any atom is 0.324 e. The average Bonchev–Trinajstić information content (AvgIpc) is 2.60. The summed E-state index contributed by atoms with van der Waals surface area (Å²) < 4.78 is 30.4. The van der Waals surface area contributed by atoms with E-state index in [2.05, 4.69) is 9.68 Å². The third-order valence-electron chi connectivity index (χ3n) is 4.06. The highest BCUT2D eigenvalue weighted by Crippen LogP contribution is 2.32. The Bertz CT molecular complexity index is 784. The lowest BCUT2D eigenvalue weighted by atomic mass is 9.97. The second-order valence-corrected chi connectivity index (χ2v) is 6.48. The van der Waals surface area contributed by atoms with E-state index in [9.17, 15) is 18.0 Å². The smallest absolute Gasteiger partial charge is 0.324 e. The Morgan fingerprint density at radius 2 is 1.96 bits per heavy atom. The fraction of sp³-hybridized carbons (Fsp3) is 0.529. The highest BCUT2D eigenvalue weighted by atomic mass is 32.2. The number of ether oxygens (including phenoxy) is 1. The molecule has 1 rings (SSSR count). The summed E-state index contributed by atoms with van der Waals surface area (Å²) in [5.41, 5.74) is 0.642. The molecule has 0 bridgehead atoms. The van der Waals surface area contributed by atoms with E-state index >= 15 is 0 Å². The summed E-state index contributed by atoms with van der Waals surface area (Å²) in [6.45, 7) is 5.46. The summed E-state index contributed by atoms with van der Waals surface area (Å²) in [6.07, 6.45) is 1.52. The number of carbonyl (C=O) groups excluding carboxylic acids is 2. The van der Waals surface area contributed by atoms with Gasteiger partial charge in [0.05, 0.1) is 13.0 Å². The van der Waals surface area contributed by atoms with Crippen molar-refractivity contribution in [2.45, 2.75) is 45.6 Å². The lowest BCUT2D eigenvalue weighted by Gasteiger charge is -2.29. The van der Waals surface area contributed by atoms with E-state index in [0.29, 0.717) is 12.0 Å². The number of benzene rings is 1. The molecule has 26 heavy (non-hydrogen) atoms. The Balaban J connectivity index is 3.27. The van der Waals surface area contributed by atoms with Gasteiger partial charge in [-0.15, -0.1) is 4.36 Å². The molecule has 0 saturated carbocycles. The van der Waals surface area contributed by atoms with Crippen LogP contribution in [-0.2, 0) is 15.3 Å². The molecule has 1 aromatic carbocycles. The Hall–Kier alpha value is -2.42. The van der Waals surface area contributed by atoms with E-state index in [1.807, 2.05) is 13.8 Å². The third-order valence-corrected chi connectivity index (χ3v) is 4.41. The Kier molecular flexibility index (Phi) is 8.24. The van der Waals surface area contributed by atoms with Gasteiger partial charge in [0.2, 0.25) is 5.91 Å². The van der Waals surface area contributed by atoms with Crippen LogP contribution in [0.2, 0.25) is 0 Å². The molecule has 0 aliphatic rings. The van der Waals surface area contributed by atoms with Crippen molar-refractivity contribution in [2.75, 3.05) is 14.2 Å². The first kappa shape index (κ1) is 21.6. The molecule has 0 spiro atoms. The Labute approximate surface area is 155 Å². The summed E-state index contributed by atoms with van der Waals surface area (Å²) in [7, 11) is 0.218. The molecule has 0 aliphatic heterocycles. The first-order valence-electron chi connectivity index (χ1n) is 8.30. The molecule has 0 radical (unpaired) electrons. The number of amides is 3. The van der Waals surface area contributed by atoms with Gasteiger partial charge in [-0.1, -0.05) is 19.4 Å². The van der Waals surface area contributed by atoms with Crippen LogP contribution in [0.5, 0.6) is 5.75 Å². The molecule has 2 unspecified atom stereocenters. The predicted octanol–water partition coefficient (Wildman–Crippen LogP) is 2.85. The SMILES string of the molecule is CCCC(C)N(C(=O)NC)C(=O)C(C)c1ccc(OC)c(N=S(=O)=O)c1. The van der Waals surface area contributed by atoms with Crippen molar-refractivity contribution in [3.05, 3.63) is 23.8 Å². The fourth-order valence-corrected chi connectivity index (χ4v) is 2.97. The van der Waals surface area contributed by atoms with Gasteiger partial charge in [0.15, 0.2) is 0 Å². The van der Waals surface area contributed by atoms with Crippen LogP contribution < -0.4 is 10.1 Å². The van der Waals surface area contributed by atoms with Crippen molar-refractivity contribution < 1.29 is 22.7 Å². The number of hydrogen-bond acceptors (Lipinski definition) is 6. The topological polar surface area (TPSA) is 105 Å². The second-order valence-electron chi connectivity index (χ2n) is 5.86. The minimum absolute atomic E-state index is 0.103. The number of urea groups is 1. The standard InChI is InChI=1S/C17H25N3O5S/c1-6-7-11(2)20(17(22)18-4)16(21)12(3)13-8-9-15(25-5)14(10-13)19-26(23)24/h8-12H,6-7H2,1-5H3,(H,18,22). The molecule has 2 atom stereocenters. The zero-order valence-corrected chi connectivity index (χ0v) is 16.5. The van der Waals surface area contributed by atoms with Gasteiger partial charge in [0, 0.05) is 13.1 Å². The van der Waals surface area contributed by atoms with Crippen LogP contribution in [0.3, 0.4) is 0 Å². The molecule has 144 valence electrons. The van der Waals surface area contributed by atoms with E-state index in [4.69, 9.17) is 4.74 Å². The number of hydrogen-bond donors (Lipinski definition) is 1. The second kappa shape index (κ2) is 9.91. The minimum Gasteiger partial charge on any atom is -0.494 e. The van der Waals surface area contributed by atoms with Crippen molar-refractivity contribution in [3.63, 3.8) is 0 Å². The van der Waals surface area contributed by atoms with Crippen molar-refractivity contribution in [1.29, 1.82) is 0 Å². The number of imide groups is 1. The number of rotatable bonds is 7. The first-order chi connectivity index (χ1) is 12.3. The summed E-state index contributed by atoms with van der Waals surface area (Å²) in [5.74, 6) is -0.753. The van der Waals surface area contributed by atoms with Gasteiger partial charge in [0.25, 0.3) is 0 Å².